The molecule has 0 spiro atoms. The number of carbonyl (C=O) groups is 2. The third-order valence-electron chi connectivity index (χ3n) is 7.02. The lowest BCUT2D eigenvalue weighted by molar-refractivity contribution is -0.116. The number of amides is 2. The van der Waals surface area contributed by atoms with Gasteiger partial charge in [0, 0.05) is 31.1 Å². The molecule has 2 amide bonds. The molecule has 192 valence electrons. The number of ether oxygens (including phenoxy) is 2. The van der Waals surface area contributed by atoms with Gasteiger partial charge in [-0.15, -0.1) is 17.8 Å². The van der Waals surface area contributed by atoms with Gasteiger partial charge in [0.1, 0.15) is 10.8 Å². The Morgan fingerprint density at radius 2 is 2.08 bits per heavy atom. The molecule has 0 bridgehead atoms. The van der Waals surface area contributed by atoms with Crippen LogP contribution in [0.2, 0.25) is 0 Å². The Balaban J connectivity index is 1.28. The Bertz CT molecular complexity index is 1120. The number of hydrogen-bond donors (Lipinski definition) is 3. The summed E-state index contributed by atoms with van der Waals surface area (Å²) in [6.07, 6.45) is 10.1. The smallest absolute Gasteiger partial charge is 0.407 e. The monoisotopic (exact) mass is 510 g/mol. The van der Waals surface area contributed by atoms with Crippen LogP contribution in [0.15, 0.2) is 24.3 Å². The fourth-order valence-corrected chi connectivity index (χ4v) is 6.21. The van der Waals surface area contributed by atoms with E-state index in [0.717, 1.165) is 66.9 Å². The lowest BCUT2D eigenvalue weighted by atomic mass is 9.87. The van der Waals surface area contributed by atoms with Gasteiger partial charge in [-0.3, -0.25) is 4.79 Å². The molecule has 7 nitrogen and oxygen atoms in total. The first-order valence-electron chi connectivity index (χ1n) is 12.6. The van der Waals surface area contributed by atoms with Crippen molar-refractivity contribution in [1.29, 1.82) is 0 Å². The molecule has 2 aromatic rings. The topological polar surface area (TPSA) is 96.9 Å². The van der Waals surface area contributed by atoms with Crippen molar-refractivity contribution in [3.05, 3.63) is 45.8 Å². The van der Waals surface area contributed by atoms with Crippen LogP contribution in [0.4, 0.5) is 9.80 Å². The molecule has 1 aliphatic carbocycles. The fourth-order valence-electron chi connectivity index (χ4n) is 4.86. The van der Waals surface area contributed by atoms with Gasteiger partial charge in [-0.1, -0.05) is 25.0 Å². The second kappa shape index (κ2) is 12.3. The van der Waals surface area contributed by atoms with Crippen LogP contribution in [0, 0.1) is 24.2 Å². The number of carbonyl (C=O) groups excluding carboxylic acids is 2. The average Bonchev–Trinajstić information content (AvgIpc) is 3.22. The van der Waals surface area contributed by atoms with Crippen LogP contribution in [0.25, 0.3) is 0 Å². The van der Waals surface area contributed by atoms with E-state index in [0.29, 0.717) is 24.1 Å². The molecular formula is C28H34N2O5S. The van der Waals surface area contributed by atoms with Gasteiger partial charge in [0.05, 0.1) is 12.2 Å². The molecule has 1 aromatic heterocycles. The van der Waals surface area contributed by atoms with Gasteiger partial charge < -0.3 is 25.2 Å². The molecule has 2 unspecified atom stereocenters. The number of terminal acetylenes is 1. The number of anilines is 1. The van der Waals surface area contributed by atoms with Crippen molar-refractivity contribution in [1.82, 2.24) is 5.32 Å². The van der Waals surface area contributed by atoms with Crippen LogP contribution in [-0.2, 0) is 27.1 Å². The molecule has 1 fully saturated rings. The van der Waals surface area contributed by atoms with Gasteiger partial charge in [-0.05, 0) is 73.1 Å². The maximum absolute atomic E-state index is 12.8. The third-order valence-corrected chi connectivity index (χ3v) is 8.19. The summed E-state index contributed by atoms with van der Waals surface area (Å²) in [5, 5.41) is 16.3. The number of aromatic hydroxyl groups is 1. The number of alkyl carbamates (subject to hydrolysis) is 1. The van der Waals surface area contributed by atoms with Crippen molar-refractivity contribution in [3.63, 3.8) is 0 Å². The van der Waals surface area contributed by atoms with Crippen LogP contribution in [0.1, 0.15) is 60.1 Å². The molecule has 36 heavy (non-hydrogen) atoms. The van der Waals surface area contributed by atoms with Gasteiger partial charge in [-0.25, -0.2) is 4.79 Å². The predicted molar refractivity (Wildman–Crippen MR) is 140 cm³/mol. The molecular weight excluding hydrogens is 476 g/mol. The van der Waals surface area contributed by atoms with E-state index in [4.69, 9.17) is 15.9 Å². The van der Waals surface area contributed by atoms with Crippen molar-refractivity contribution in [2.75, 3.05) is 31.7 Å². The van der Waals surface area contributed by atoms with E-state index in [2.05, 4.69) is 16.6 Å². The zero-order chi connectivity index (χ0) is 25.5. The average molecular weight is 511 g/mol. The molecule has 1 aliphatic heterocycles. The second-order valence-electron chi connectivity index (χ2n) is 9.74. The normalized spacial score (nSPS) is 18.5. The zero-order valence-electron chi connectivity index (χ0n) is 20.7. The van der Waals surface area contributed by atoms with E-state index in [1.165, 1.54) is 11.3 Å². The van der Waals surface area contributed by atoms with E-state index < -0.39 is 0 Å². The Kier molecular flexibility index (Phi) is 8.89. The highest BCUT2D eigenvalue weighted by atomic mass is 32.1. The van der Waals surface area contributed by atoms with E-state index in [1.807, 2.05) is 13.0 Å². The van der Waals surface area contributed by atoms with Gasteiger partial charge in [0.25, 0.3) is 0 Å². The third kappa shape index (κ3) is 6.80. The fraction of sp³-hybridized carbons (Fsp3) is 0.500. The Hall–Kier alpha value is -3.02. The minimum atomic E-state index is -0.364. The Morgan fingerprint density at radius 3 is 2.83 bits per heavy atom. The van der Waals surface area contributed by atoms with Crippen molar-refractivity contribution in [2.24, 2.45) is 11.8 Å². The summed E-state index contributed by atoms with van der Waals surface area (Å²) < 4.78 is 10.9. The molecule has 0 saturated carbocycles. The van der Waals surface area contributed by atoms with Gasteiger partial charge in [0.2, 0.25) is 5.91 Å². The SMILES string of the molecule is C#Cc1c(NC(=O)CC(C)c2cccc(O)c2)sc2c1CCC(COC(=O)NCC1CCOCC1)C2. The van der Waals surface area contributed by atoms with Crippen LogP contribution >= 0.6 is 11.3 Å². The summed E-state index contributed by atoms with van der Waals surface area (Å²) in [4.78, 5) is 26.1. The summed E-state index contributed by atoms with van der Waals surface area (Å²) in [5.74, 6) is 3.49. The lowest BCUT2D eigenvalue weighted by Gasteiger charge is -2.23. The van der Waals surface area contributed by atoms with Crippen molar-refractivity contribution >= 4 is 28.3 Å². The summed E-state index contributed by atoms with van der Waals surface area (Å²) >= 11 is 1.52. The maximum Gasteiger partial charge on any atom is 0.407 e. The largest absolute Gasteiger partial charge is 0.508 e. The molecule has 2 atom stereocenters. The molecule has 4 rings (SSSR count). The zero-order valence-corrected chi connectivity index (χ0v) is 21.5. The maximum atomic E-state index is 12.8. The summed E-state index contributed by atoms with van der Waals surface area (Å²) in [7, 11) is 0. The van der Waals surface area contributed by atoms with Gasteiger partial charge in [0.15, 0.2) is 0 Å². The number of rotatable bonds is 8. The van der Waals surface area contributed by atoms with Crippen molar-refractivity contribution in [2.45, 2.75) is 51.4 Å². The summed E-state index contributed by atoms with van der Waals surface area (Å²) in [5.41, 5.74) is 2.80. The first-order chi connectivity index (χ1) is 17.4. The van der Waals surface area contributed by atoms with Gasteiger partial charge >= 0.3 is 6.09 Å². The van der Waals surface area contributed by atoms with Crippen LogP contribution in [0.5, 0.6) is 5.75 Å². The molecule has 8 heteroatoms. The number of benzene rings is 1. The molecule has 2 aliphatic rings. The number of fused-ring (bicyclic) bond motifs is 1. The molecule has 3 N–H and O–H groups in total. The Morgan fingerprint density at radius 1 is 1.28 bits per heavy atom. The highest BCUT2D eigenvalue weighted by molar-refractivity contribution is 7.16. The van der Waals surface area contributed by atoms with E-state index >= 15 is 0 Å². The quantitative estimate of drug-likeness (QED) is 0.442. The van der Waals surface area contributed by atoms with Crippen molar-refractivity contribution < 1.29 is 24.2 Å². The molecule has 1 saturated heterocycles. The van der Waals surface area contributed by atoms with E-state index in [9.17, 15) is 14.7 Å². The molecule has 1 aromatic carbocycles. The standard InChI is InChI=1S/C28H34N2O5S/c1-3-23-24-8-7-20(17-35-28(33)29-16-19-9-11-34-12-10-19)14-25(24)36-27(23)30-26(32)13-18(2)21-5-4-6-22(31)15-21/h1,4-6,15,18-20,31H,7-14,16-17H2,2H3,(H,29,33)(H,30,32). The van der Waals surface area contributed by atoms with Crippen molar-refractivity contribution in [3.8, 4) is 18.1 Å². The number of phenols is 1. The number of phenolic OH excluding ortho intramolecular Hbond substituents is 1. The Labute approximate surface area is 216 Å². The van der Waals surface area contributed by atoms with Crippen LogP contribution < -0.4 is 10.6 Å². The highest BCUT2D eigenvalue weighted by Gasteiger charge is 2.27. The first-order valence-corrected chi connectivity index (χ1v) is 13.4. The van der Waals surface area contributed by atoms with E-state index in [-0.39, 0.29) is 36.0 Å². The highest BCUT2D eigenvalue weighted by Crippen LogP contribution is 2.39. The number of nitrogens with one attached hydrogen (secondary N) is 2. The first kappa shape index (κ1) is 26.1. The number of thiophene rings is 1. The van der Waals surface area contributed by atoms with Crippen LogP contribution in [-0.4, -0.2) is 43.5 Å². The van der Waals surface area contributed by atoms with Crippen LogP contribution in [0.3, 0.4) is 0 Å². The summed E-state index contributed by atoms with van der Waals surface area (Å²) in [6.45, 7) is 4.46. The molecule has 2 heterocycles. The van der Waals surface area contributed by atoms with E-state index in [1.54, 1.807) is 18.2 Å². The minimum absolute atomic E-state index is 0.0416. The lowest BCUT2D eigenvalue weighted by Crippen LogP contribution is -2.33. The van der Waals surface area contributed by atoms with Gasteiger partial charge in [-0.2, -0.15) is 0 Å². The molecule has 0 radical (unpaired) electrons. The minimum Gasteiger partial charge on any atom is -0.508 e. The number of hydrogen-bond acceptors (Lipinski definition) is 6. The second-order valence-corrected chi connectivity index (χ2v) is 10.8. The summed E-state index contributed by atoms with van der Waals surface area (Å²) in [6, 6.07) is 6.98. The predicted octanol–water partition coefficient (Wildman–Crippen LogP) is 4.83.